The molecule has 44 heavy (non-hydrogen) atoms. The Kier molecular flexibility index (Phi) is 10.8. The van der Waals surface area contributed by atoms with Crippen LogP contribution in [0.1, 0.15) is 93.9 Å². The van der Waals surface area contributed by atoms with E-state index in [-0.39, 0.29) is 29.7 Å². The summed E-state index contributed by atoms with van der Waals surface area (Å²) in [6.45, 7) is 15.4. The second kappa shape index (κ2) is 13.4. The highest BCUT2D eigenvalue weighted by atomic mass is 16.2. The van der Waals surface area contributed by atoms with E-state index in [1.54, 1.807) is 11.9 Å². The third-order valence-electron chi connectivity index (χ3n) is 9.21. The Labute approximate surface area is 262 Å². The van der Waals surface area contributed by atoms with Crippen LogP contribution < -0.4 is 21.7 Å². The first kappa shape index (κ1) is 35.3. The largest absolute Gasteiger partial charge is 0.363 e. The number of carbonyl (C=O) groups is 6. The van der Waals surface area contributed by atoms with Crippen molar-refractivity contribution in [2.75, 3.05) is 13.6 Å². The fraction of sp³-hybridized carbons (Fsp3) is 0.812. The lowest BCUT2D eigenvalue weighted by Crippen LogP contribution is -2.63. The van der Waals surface area contributed by atoms with Crippen LogP contribution >= 0.6 is 0 Å². The number of urea groups is 1. The zero-order chi connectivity index (χ0) is 33.3. The molecule has 3 fully saturated rings. The highest BCUT2D eigenvalue weighted by molar-refractivity contribution is 6.37. The molecule has 0 bridgehead atoms. The number of likely N-dealkylation sites (tertiary alicyclic amines) is 1. The van der Waals surface area contributed by atoms with Gasteiger partial charge in [-0.25, -0.2) is 4.79 Å². The van der Waals surface area contributed by atoms with Crippen LogP contribution in [0.2, 0.25) is 0 Å². The van der Waals surface area contributed by atoms with Gasteiger partial charge in [-0.1, -0.05) is 68.2 Å². The van der Waals surface area contributed by atoms with Crippen LogP contribution in [0.4, 0.5) is 4.79 Å². The van der Waals surface area contributed by atoms with E-state index in [0.29, 0.717) is 19.4 Å². The number of ketones is 1. The van der Waals surface area contributed by atoms with E-state index in [2.05, 4.69) is 16.0 Å². The summed E-state index contributed by atoms with van der Waals surface area (Å²) in [4.78, 5) is 82.3. The molecule has 5 N–H and O–H groups in total. The predicted molar refractivity (Wildman–Crippen MR) is 166 cm³/mol. The first-order valence-electron chi connectivity index (χ1n) is 16.0. The molecule has 1 saturated heterocycles. The molecule has 12 heteroatoms. The lowest BCUT2D eigenvalue weighted by atomic mass is 9.84. The Morgan fingerprint density at radius 1 is 0.841 bits per heavy atom. The number of nitrogens with one attached hydrogen (secondary N) is 3. The van der Waals surface area contributed by atoms with Gasteiger partial charge in [0.25, 0.3) is 5.91 Å². The number of amides is 6. The summed E-state index contributed by atoms with van der Waals surface area (Å²) in [5.74, 6) is -2.97. The maximum absolute atomic E-state index is 14.2. The Morgan fingerprint density at radius 3 is 1.84 bits per heavy atom. The second-order valence-electron chi connectivity index (χ2n) is 15.5. The fourth-order valence-corrected chi connectivity index (χ4v) is 6.06. The molecule has 0 radical (unpaired) electrons. The molecule has 0 aromatic heterocycles. The molecule has 1 aliphatic heterocycles. The SMILES string of the molecule is CC(C)[C@H]1CCN(C(=O)[C@@H](NC(=O)N[C@H](C(=O)N(C)C2CC2)C(C)(C)C)C(C)(C)C)[C@@H]1C(=O)NC(CC1CC1)C(=O)C(N)=O. The fourth-order valence-electron chi connectivity index (χ4n) is 6.06. The van der Waals surface area contributed by atoms with Gasteiger partial charge in [-0.3, -0.25) is 24.0 Å². The summed E-state index contributed by atoms with van der Waals surface area (Å²) in [5, 5.41) is 8.41. The normalized spacial score (nSPS) is 22.5. The number of primary amides is 1. The molecule has 3 rings (SSSR count). The van der Waals surface area contributed by atoms with Gasteiger partial charge in [0.05, 0.1) is 6.04 Å². The van der Waals surface area contributed by atoms with Gasteiger partial charge in [0, 0.05) is 19.6 Å². The maximum atomic E-state index is 14.2. The highest BCUT2D eigenvalue weighted by Gasteiger charge is 2.48. The molecule has 1 heterocycles. The topological polar surface area (TPSA) is 171 Å². The number of carbonyl (C=O) groups excluding carboxylic acids is 6. The van der Waals surface area contributed by atoms with E-state index in [0.717, 1.165) is 25.7 Å². The van der Waals surface area contributed by atoms with Crippen molar-refractivity contribution in [1.29, 1.82) is 0 Å². The number of hydrogen-bond acceptors (Lipinski definition) is 6. The van der Waals surface area contributed by atoms with E-state index in [4.69, 9.17) is 5.73 Å². The zero-order valence-corrected chi connectivity index (χ0v) is 28.0. The van der Waals surface area contributed by atoms with Gasteiger partial charge in [-0.2, -0.15) is 0 Å². The average molecular weight is 619 g/mol. The van der Waals surface area contributed by atoms with Crippen LogP contribution in [-0.4, -0.2) is 89.0 Å². The molecule has 12 nitrogen and oxygen atoms in total. The van der Waals surface area contributed by atoms with Gasteiger partial charge in [0.1, 0.15) is 18.1 Å². The van der Waals surface area contributed by atoms with Crippen LogP contribution in [0, 0.1) is 28.6 Å². The molecule has 6 amide bonds. The number of hydrogen-bond donors (Lipinski definition) is 4. The summed E-state index contributed by atoms with van der Waals surface area (Å²) in [6, 6.07) is -4.24. The van der Waals surface area contributed by atoms with Crippen LogP contribution in [0.5, 0.6) is 0 Å². The zero-order valence-electron chi connectivity index (χ0n) is 28.0. The van der Waals surface area contributed by atoms with Gasteiger partial charge in [-0.15, -0.1) is 0 Å². The van der Waals surface area contributed by atoms with Crippen LogP contribution in [-0.2, 0) is 24.0 Å². The molecule has 2 saturated carbocycles. The van der Waals surface area contributed by atoms with Crippen molar-refractivity contribution in [2.24, 2.45) is 34.3 Å². The van der Waals surface area contributed by atoms with Gasteiger partial charge in [0.2, 0.25) is 23.5 Å². The molecule has 2 aliphatic carbocycles. The van der Waals surface area contributed by atoms with E-state index in [1.165, 1.54) is 4.90 Å². The molecule has 1 unspecified atom stereocenters. The third-order valence-corrected chi connectivity index (χ3v) is 9.21. The number of Topliss-reactive ketones (excluding diaryl/α,β-unsaturated/α-hetero) is 1. The summed E-state index contributed by atoms with van der Waals surface area (Å²) >= 11 is 0. The van der Waals surface area contributed by atoms with E-state index >= 15 is 0 Å². The summed E-state index contributed by atoms with van der Waals surface area (Å²) in [5.41, 5.74) is 3.96. The van der Waals surface area contributed by atoms with Crippen LogP contribution in [0.15, 0.2) is 0 Å². The molecule has 0 aromatic carbocycles. The van der Waals surface area contributed by atoms with Gasteiger partial charge in [-0.05, 0) is 54.3 Å². The predicted octanol–water partition coefficient (Wildman–Crippen LogP) is 1.95. The van der Waals surface area contributed by atoms with Crippen molar-refractivity contribution >= 4 is 35.4 Å². The van der Waals surface area contributed by atoms with Crippen molar-refractivity contribution < 1.29 is 28.8 Å². The maximum Gasteiger partial charge on any atom is 0.316 e. The lowest BCUT2D eigenvalue weighted by Gasteiger charge is -2.38. The Balaban J connectivity index is 1.83. The number of likely N-dealkylation sites (N-methyl/N-ethyl adjacent to an activating group) is 1. The van der Waals surface area contributed by atoms with Crippen molar-refractivity contribution in [2.45, 2.75) is 124 Å². The number of rotatable bonds is 12. The minimum Gasteiger partial charge on any atom is -0.363 e. The van der Waals surface area contributed by atoms with E-state index in [9.17, 15) is 28.8 Å². The monoisotopic (exact) mass is 618 g/mol. The van der Waals surface area contributed by atoms with Crippen molar-refractivity contribution in [3.8, 4) is 0 Å². The summed E-state index contributed by atoms with van der Waals surface area (Å²) < 4.78 is 0. The summed E-state index contributed by atoms with van der Waals surface area (Å²) in [7, 11) is 1.75. The standard InChI is InChI=1S/C32H54N6O6/c1-17(2)20-14-15-38(22(20)27(41)34-21(16-18-10-11-18)23(39)26(33)40)29(43)25(32(6,7)8)36-30(44)35-24(31(3,4)5)28(42)37(9)19-12-13-19/h17-22,24-25H,10-16H2,1-9H3,(H2,33,40)(H,34,41)(H2,35,36,44)/t20-,21?,22+,24-,25-/m1/s1. The van der Waals surface area contributed by atoms with E-state index < -0.39 is 64.5 Å². The molecular weight excluding hydrogens is 564 g/mol. The Morgan fingerprint density at radius 2 is 1.39 bits per heavy atom. The van der Waals surface area contributed by atoms with Gasteiger partial charge >= 0.3 is 6.03 Å². The van der Waals surface area contributed by atoms with Crippen molar-refractivity contribution in [1.82, 2.24) is 25.8 Å². The van der Waals surface area contributed by atoms with Gasteiger partial charge in [0.15, 0.2) is 0 Å². The lowest BCUT2D eigenvalue weighted by molar-refractivity contribution is -0.144. The van der Waals surface area contributed by atoms with Crippen molar-refractivity contribution in [3.63, 3.8) is 0 Å². The first-order chi connectivity index (χ1) is 20.2. The Bertz CT molecular complexity index is 1130. The Hall–Kier alpha value is -3.18. The first-order valence-corrected chi connectivity index (χ1v) is 16.0. The average Bonchev–Trinajstić information content (AvgIpc) is 3.85. The third kappa shape index (κ3) is 8.72. The molecule has 0 spiro atoms. The van der Waals surface area contributed by atoms with E-state index in [1.807, 2.05) is 55.4 Å². The molecule has 0 aromatic rings. The minimum atomic E-state index is -1.10. The molecule has 5 atom stereocenters. The minimum absolute atomic E-state index is 0.0450. The highest BCUT2D eigenvalue weighted by Crippen LogP contribution is 2.36. The number of nitrogens with two attached hydrogens (primary N) is 1. The second-order valence-corrected chi connectivity index (χ2v) is 15.5. The molecule has 3 aliphatic rings. The summed E-state index contributed by atoms with van der Waals surface area (Å²) in [6.07, 6.45) is 4.60. The van der Waals surface area contributed by atoms with Crippen LogP contribution in [0.25, 0.3) is 0 Å². The quantitative estimate of drug-likeness (QED) is 0.244. The number of nitrogens with zero attached hydrogens (tertiary/aromatic N) is 2. The van der Waals surface area contributed by atoms with Gasteiger partial charge < -0.3 is 31.5 Å². The molecule has 248 valence electrons. The van der Waals surface area contributed by atoms with Crippen molar-refractivity contribution in [3.05, 3.63) is 0 Å². The molecular formula is C32H54N6O6. The smallest absolute Gasteiger partial charge is 0.316 e. The van der Waals surface area contributed by atoms with Crippen LogP contribution in [0.3, 0.4) is 0 Å².